The highest BCUT2D eigenvalue weighted by Crippen LogP contribution is 2.36. The third kappa shape index (κ3) is 5.43. The predicted molar refractivity (Wildman–Crippen MR) is 139 cm³/mol. The summed E-state index contributed by atoms with van der Waals surface area (Å²) in [5.74, 6) is -1.00. The van der Waals surface area contributed by atoms with Gasteiger partial charge < -0.3 is 15.4 Å². The van der Waals surface area contributed by atoms with Crippen LogP contribution in [-0.2, 0) is 9.84 Å². The summed E-state index contributed by atoms with van der Waals surface area (Å²) in [5, 5.41) is 10.7. The van der Waals surface area contributed by atoms with Crippen molar-refractivity contribution in [3.63, 3.8) is 0 Å². The lowest BCUT2D eigenvalue weighted by atomic mass is 10.1. The SMILES string of the molecule is Cc1cc(Cl)cc(C(=O)NC2(C)CC2)c1NC(=O)c1cc(OC2CS(=O)(=O)C2)nn1-c1ncccc1Cl. The molecule has 2 aromatic heterocycles. The summed E-state index contributed by atoms with van der Waals surface area (Å²) in [7, 11) is -3.12. The number of carbonyl (C=O) groups excluding carboxylic acids is 2. The van der Waals surface area contributed by atoms with Crippen molar-refractivity contribution in [2.24, 2.45) is 0 Å². The molecule has 1 aliphatic heterocycles. The van der Waals surface area contributed by atoms with Gasteiger partial charge in [0.05, 0.1) is 27.8 Å². The number of benzene rings is 1. The van der Waals surface area contributed by atoms with Crippen molar-refractivity contribution in [3.8, 4) is 11.7 Å². The van der Waals surface area contributed by atoms with E-state index in [2.05, 4.69) is 20.7 Å². The Morgan fingerprint density at radius 1 is 1.16 bits per heavy atom. The van der Waals surface area contributed by atoms with E-state index in [-0.39, 0.29) is 50.9 Å². The van der Waals surface area contributed by atoms with Gasteiger partial charge in [0.15, 0.2) is 15.7 Å². The molecule has 2 aliphatic rings. The predicted octanol–water partition coefficient (Wildman–Crippen LogP) is 3.59. The molecule has 0 unspecified atom stereocenters. The van der Waals surface area contributed by atoms with Crippen LogP contribution in [-0.4, -0.2) is 58.1 Å². The fraction of sp³-hybridized carbons (Fsp3) is 0.333. The highest BCUT2D eigenvalue weighted by atomic mass is 35.5. The maximum absolute atomic E-state index is 13.6. The van der Waals surface area contributed by atoms with E-state index < -0.39 is 21.8 Å². The summed E-state index contributed by atoms with van der Waals surface area (Å²) in [4.78, 5) is 30.8. The zero-order valence-electron chi connectivity index (χ0n) is 19.9. The zero-order chi connectivity index (χ0) is 26.5. The lowest BCUT2D eigenvalue weighted by Gasteiger charge is -2.25. The molecule has 1 aliphatic carbocycles. The highest BCUT2D eigenvalue weighted by molar-refractivity contribution is 7.92. The highest BCUT2D eigenvalue weighted by Gasteiger charge is 2.39. The number of aromatic nitrogens is 3. The summed E-state index contributed by atoms with van der Waals surface area (Å²) in [5.41, 5.74) is 0.857. The van der Waals surface area contributed by atoms with E-state index in [0.29, 0.717) is 16.3 Å². The summed E-state index contributed by atoms with van der Waals surface area (Å²) < 4.78 is 30.0. The first-order valence-corrected chi connectivity index (χ1v) is 14.0. The van der Waals surface area contributed by atoms with E-state index in [1.807, 2.05) is 6.92 Å². The number of carbonyl (C=O) groups is 2. The average molecular weight is 564 g/mol. The fourth-order valence-corrected chi connectivity index (χ4v) is 5.60. The molecule has 1 aromatic carbocycles. The standard InChI is InChI=1S/C24H23Cl2N5O5S/c1-13-8-14(25)9-16(22(32)29-24(2)5-6-24)20(13)28-23(33)18-10-19(36-15-11-37(34,35)12-15)30-31(18)21-17(26)4-3-7-27-21/h3-4,7-10,15H,5-6,11-12H2,1-2H3,(H,28,33)(H,29,32). The molecule has 0 spiro atoms. The van der Waals surface area contributed by atoms with Crippen LogP contribution in [0, 0.1) is 6.92 Å². The Bertz CT molecular complexity index is 1520. The average Bonchev–Trinajstić information content (AvgIpc) is 3.37. The zero-order valence-corrected chi connectivity index (χ0v) is 22.2. The molecule has 10 nitrogen and oxygen atoms in total. The molecule has 0 radical (unpaired) electrons. The van der Waals surface area contributed by atoms with Crippen molar-refractivity contribution in [2.75, 3.05) is 16.8 Å². The topological polar surface area (TPSA) is 132 Å². The monoisotopic (exact) mass is 563 g/mol. The first kappa shape index (κ1) is 25.5. The van der Waals surface area contributed by atoms with Crippen LogP contribution in [0.25, 0.3) is 5.82 Å². The molecule has 0 atom stereocenters. The molecular weight excluding hydrogens is 541 g/mol. The number of ether oxygens (including phenoxy) is 1. The van der Waals surface area contributed by atoms with Crippen LogP contribution in [0.3, 0.4) is 0 Å². The van der Waals surface area contributed by atoms with Gasteiger partial charge in [0, 0.05) is 22.8 Å². The van der Waals surface area contributed by atoms with Gasteiger partial charge in [-0.25, -0.2) is 18.1 Å². The van der Waals surface area contributed by atoms with E-state index in [0.717, 1.165) is 12.8 Å². The number of rotatable bonds is 7. The molecule has 37 heavy (non-hydrogen) atoms. The quantitative estimate of drug-likeness (QED) is 0.448. The van der Waals surface area contributed by atoms with Crippen LogP contribution >= 0.6 is 23.2 Å². The normalized spacial score (nSPS) is 17.5. The number of hydrogen-bond donors (Lipinski definition) is 2. The molecule has 1 saturated carbocycles. The van der Waals surface area contributed by atoms with E-state index in [1.165, 1.54) is 23.0 Å². The van der Waals surface area contributed by atoms with Gasteiger partial charge in [-0.15, -0.1) is 5.10 Å². The van der Waals surface area contributed by atoms with Crippen molar-refractivity contribution in [1.29, 1.82) is 0 Å². The number of nitrogens with one attached hydrogen (secondary N) is 2. The van der Waals surface area contributed by atoms with Crippen LogP contribution in [0.4, 0.5) is 5.69 Å². The van der Waals surface area contributed by atoms with Gasteiger partial charge in [-0.3, -0.25) is 9.59 Å². The number of hydrogen-bond acceptors (Lipinski definition) is 7. The molecule has 0 bridgehead atoms. The Hall–Kier alpha value is -3.15. The van der Waals surface area contributed by atoms with Gasteiger partial charge in [0.25, 0.3) is 11.8 Å². The Kier molecular flexibility index (Phi) is 6.41. The van der Waals surface area contributed by atoms with Crippen molar-refractivity contribution >= 4 is 50.5 Å². The summed E-state index contributed by atoms with van der Waals surface area (Å²) in [6.07, 6.45) is 2.67. The van der Waals surface area contributed by atoms with Crippen molar-refractivity contribution in [1.82, 2.24) is 20.1 Å². The minimum absolute atomic E-state index is 0.0210. The largest absolute Gasteiger partial charge is 0.471 e. The Morgan fingerprint density at radius 3 is 2.54 bits per heavy atom. The number of anilines is 1. The van der Waals surface area contributed by atoms with Gasteiger partial charge >= 0.3 is 0 Å². The van der Waals surface area contributed by atoms with Gasteiger partial charge in [0.1, 0.15) is 11.8 Å². The van der Waals surface area contributed by atoms with E-state index in [4.69, 9.17) is 27.9 Å². The molecule has 194 valence electrons. The lowest BCUT2D eigenvalue weighted by Crippen LogP contribution is -2.45. The Labute approximate surface area is 223 Å². The second-order valence-electron chi connectivity index (χ2n) is 9.52. The van der Waals surface area contributed by atoms with Crippen LogP contribution in [0.2, 0.25) is 10.0 Å². The smallest absolute Gasteiger partial charge is 0.274 e. The number of amides is 2. The summed E-state index contributed by atoms with van der Waals surface area (Å²) >= 11 is 12.6. The molecule has 2 N–H and O–H groups in total. The van der Waals surface area contributed by atoms with Crippen molar-refractivity contribution in [2.45, 2.75) is 38.3 Å². The molecule has 5 rings (SSSR count). The number of sulfone groups is 1. The first-order chi connectivity index (χ1) is 17.4. The van der Waals surface area contributed by atoms with Crippen LogP contribution < -0.4 is 15.4 Å². The van der Waals surface area contributed by atoms with Crippen molar-refractivity contribution < 1.29 is 22.7 Å². The van der Waals surface area contributed by atoms with E-state index in [1.54, 1.807) is 25.1 Å². The Balaban J connectivity index is 1.49. The minimum Gasteiger partial charge on any atom is -0.471 e. The van der Waals surface area contributed by atoms with Crippen LogP contribution in [0.1, 0.15) is 46.2 Å². The molecule has 13 heteroatoms. The summed E-state index contributed by atoms with van der Waals surface area (Å²) in [6, 6.07) is 7.75. The molecule has 3 aromatic rings. The fourth-order valence-electron chi connectivity index (χ4n) is 3.95. The van der Waals surface area contributed by atoms with Crippen LogP contribution in [0.5, 0.6) is 5.88 Å². The third-order valence-electron chi connectivity index (χ3n) is 6.23. The molecule has 2 fully saturated rings. The Morgan fingerprint density at radius 2 is 1.89 bits per heavy atom. The van der Waals surface area contributed by atoms with Gasteiger partial charge in [-0.05, 0) is 56.5 Å². The van der Waals surface area contributed by atoms with Crippen LogP contribution in [0.15, 0.2) is 36.5 Å². The minimum atomic E-state index is -3.12. The number of halogens is 2. The second-order valence-corrected chi connectivity index (χ2v) is 12.5. The molecule has 3 heterocycles. The van der Waals surface area contributed by atoms with Gasteiger partial charge in [-0.2, -0.15) is 0 Å². The maximum atomic E-state index is 13.6. The van der Waals surface area contributed by atoms with Gasteiger partial charge in [-0.1, -0.05) is 23.2 Å². The second kappa shape index (κ2) is 9.30. The van der Waals surface area contributed by atoms with Crippen molar-refractivity contribution in [3.05, 3.63) is 63.4 Å². The molecule has 2 amide bonds. The third-order valence-corrected chi connectivity index (χ3v) is 8.50. The molecular formula is C24H23Cl2N5O5S. The first-order valence-electron chi connectivity index (χ1n) is 11.5. The van der Waals surface area contributed by atoms with E-state index in [9.17, 15) is 18.0 Å². The summed E-state index contributed by atoms with van der Waals surface area (Å²) in [6.45, 7) is 3.68. The lowest BCUT2D eigenvalue weighted by molar-refractivity contribution is 0.0936. The molecule has 1 saturated heterocycles. The van der Waals surface area contributed by atoms with Gasteiger partial charge in [0.2, 0.25) is 5.88 Å². The maximum Gasteiger partial charge on any atom is 0.274 e. The van der Waals surface area contributed by atoms with E-state index >= 15 is 0 Å². The number of pyridine rings is 1. The number of nitrogens with zero attached hydrogens (tertiary/aromatic N) is 3. The number of aryl methyl sites for hydroxylation is 1.